The van der Waals surface area contributed by atoms with Gasteiger partial charge in [0, 0.05) is 0 Å². The first-order chi connectivity index (χ1) is 8.87. The summed E-state index contributed by atoms with van der Waals surface area (Å²) in [5.41, 5.74) is 0.958. The highest BCUT2D eigenvalue weighted by atomic mass is 16.5. The van der Waals surface area contributed by atoms with E-state index in [9.17, 15) is 0 Å². The molecule has 1 aromatic heterocycles. The van der Waals surface area contributed by atoms with Gasteiger partial charge in [0.25, 0.3) is 0 Å². The van der Waals surface area contributed by atoms with E-state index in [1.807, 2.05) is 10.7 Å². The Morgan fingerprint density at radius 2 is 2.22 bits per heavy atom. The Hall–Kier alpha value is -1.68. The van der Waals surface area contributed by atoms with E-state index >= 15 is 0 Å². The Kier molecular flexibility index (Phi) is 2.88. The second-order valence-electron chi connectivity index (χ2n) is 4.64. The van der Waals surface area contributed by atoms with Crippen LogP contribution in [0.15, 0.2) is 43.0 Å². The van der Waals surface area contributed by atoms with Gasteiger partial charge < -0.3 is 4.74 Å². The molecule has 0 radical (unpaired) electrons. The van der Waals surface area contributed by atoms with Crippen molar-refractivity contribution >= 4 is 0 Å². The largest absolute Gasteiger partial charge is 0.368 e. The summed E-state index contributed by atoms with van der Waals surface area (Å²) in [6, 6.07) is 10.7. The number of hydrogen-bond acceptors (Lipinski definition) is 3. The fourth-order valence-corrected chi connectivity index (χ4v) is 2.94. The third-order valence-electron chi connectivity index (χ3n) is 3.83. The van der Waals surface area contributed by atoms with Crippen molar-refractivity contribution in [2.24, 2.45) is 0 Å². The summed E-state index contributed by atoms with van der Waals surface area (Å²) in [5, 5.41) is 4.29. The van der Waals surface area contributed by atoms with Gasteiger partial charge in [0.1, 0.15) is 18.3 Å². The van der Waals surface area contributed by atoms with Gasteiger partial charge in [-0.25, -0.2) is 9.67 Å². The molecule has 1 aliphatic rings. The monoisotopic (exact) mass is 243 g/mol. The van der Waals surface area contributed by atoms with Gasteiger partial charge in [-0.05, 0) is 18.4 Å². The van der Waals surface area contributed by atoms with Crippen LogP contribution < -0.4 is 0 Å². The van der Waals surface area contributed by atoms with E-state index in [0.29, 0.717) is 0 Å². The Balaban J connectivity index is 2.05. The molecule has 0 saturated carbocycles. The smallest absolute Gasteiger partial charge is 0.137 e. The number of rotatable bonds is 3. The Morgan fingerprint density at radius 3 is 2.89 bits per heavy atom. The highest BCUT2D eigenvalue weighted by Crippen LogP contribution is 2.46. The van der Waals surface area contributed by atoms with Crippen molar-refractivity contribution in [3.05, 3.63) is 48.5 Å². The predicted molar refractivity (Wildman–Crippen MR) is 68.0 cm³/mol. The van der Waals surface area contributed by atoms with Crippen molar-refractivity contribution < 1.29 is 4.74 Å². The summed E-state index contributed by atoms with van der Waals surface area (Å²) in [6.07, 6.45) is 5.28. The molecular weight excluding hydrogens is 226 g/mol. The van der Waals surface area contributed by atoms with Crippen molar-refractivity contribution in [2.75, 3.05) is 6.61 Å². The quantitative estimate of drug-likeness (QED) is 0.831. The topological polar surface area (TPSA) is 39.9 Å². The van der Waals surface area contributed by atoms with Crippen LogP contribution in [0.5, 0.6) is 0 Å². The summed E-state index contributed by atoms with van der Waals surface area (Å²) in [5.74, 6) is 0. The third-order valence-corrected chi connectivity index (χ3v) is 3.83. The van der Waals surface area contributed by atoms with Crippen LogP contribution in [0.25, 0.3) is 0 Å². The number of hydrogen-bond donors (Lipinski definition) is 0. The molecule has 4 heteroatoms. The van der Waals surface area contributed by atoms with Crippen LogP contribution in [0.3, 0.4) is 0 Å². The zero-order valence-electron chi connectivity index (χ0n) is 10.5. The number of ether oxygens (including phenoxy) is 1. The lowest BCUT2D eigenvalue weighted by Gasteiger charge is -2.33. The Labute approximate surface area is 107 Å². The summed E-state index contributed by atoms with van der Waals surface area (Å²) in [7, 11) is 0. The molecule has 2 unspecified atom stereocenters. The fourth-order valence-electron chi connectivity index (χ4n) is 2.94. The first kappa shape index (κ1) is 11.4. The van der Waals surface area contributed by atoms with Crippen molar-refractivity contribution in [2.45, 2.75) is 31.4 Å². The molecule has 1 fully saturated rings. The van der Waals surface area contributed by atoms with Crippen LogP contribution in [-0.2, 0) is 10.3 Å². The van der Waals surface area contributed by atoms with Gasteiger partial charge in [0.2, 0.25) is 0 Å². The summed E-state index contributed by atoms with van der Waals surface area (Å²) < 4.78 is 8.06. The van der Waals surface area contributed by atoms with Gasteiger partial charge in [-0.3, -0.25) is 0 Å². The molecule has 0 spiro atoms. The Bertz CT molecular complexity index is 497. The lowest BCUT2D eigenvalue weighted by Crippen LogP contribution is -2.34. The molecular formula is C14H17N3O. The average molecular weight is 243 g/mol. The van der Waals surface area contributed by atoms with E-state index in [1.54, 1.807) is 12.7 Å². The van der Waals surface area contributed by atoms with Crippen LogP contribution in [0.1, 0.15) is 31.4 Å². The van der Waals surface area contributed by atoms with Crippen molar-refractivity contribution in [3.63, 3.8) is 0 Å². The minimum absolute atomic E-state index is 0.229. The van der Waals surface area contributed by atoms with Crippen LogP contribution in [0.4, 0.5) is 0 Å². The average Bonchev–Trinajstić information content (AvgIpc) is 3.09. The first-order valence-corrected chi connectivity index (χ1v) is 6.40. The highest BCUT2D eigenvalue weighted by Gasteiger charge is 2.45. The van der Waals surface area contributed by atoms with E-state index in [2.05, 4.69) is 41.3 Å². The van der Waals surface area contributed by atoms with Gasteiger partial charge >= 0.3 is 0 Å². The van der Waals surface area contributed by atoms with Gasteiger partial charge in [0.15, 0.2) is 0 Å². The maximum atomic E-state index is 6.12. The molecule has 0 amide bonds. The lowest BCUT2D eigenvalue weighted by atomic mass is 9.84. The van der Waals surface area contributed by atoms with E-state index in [4.69, 9.17) is 4.74 Å². The first-order valence-electron chi connectivity index (χ1n) is 6.40. The minimum Gasteiger partial charge on any atom is -0.368 e. The Morgan fingerprint density at radius 1 is 1.39 bits per heavy atom. The molecule has 1 saturated heterocycles. The second-order valence-corrected chi connectivity index (χ2v) is 4.64. The van der Waals surface area contributed by atoms with Crippen LogP contribution in [0.2, 0.25) is 0 Å². The summed E-state index contributed by atoms with van der Waals surface area (Å²) in [4.78, 5) is 4.06. The van der Waals surface area contributed by atoms with Crippen molar-refractivity contribution in [3.8, 4) is 0 Å². The number of nitrogens with zero attached hydrogens (tertiary/aromatic N) is 3. The molecule has 1 aromatic carbocycles. The second kappa shape index (κ2) is 4.53. The summed E-state index contributed by atoms with van der Waals surface area (Å²) in [6.45, 7) is 2.94. The molecule has 0 bridgehead atoms. The van der Waals surface area contributed by atoms with Gasteiger partial charge in [0.05, 0.1) is 12.6 Å². The molecule has 18 heavy (non-hydrogen) atoms. The number of benzene rings is 1. The molecule has 4 nitrogen and oxygen atoms in total. The molecule has 1 aliphatic heterocycles. The van der Waals surface area contributed by atoms with Gasteiger partial charge in [-0.15, -0.1) is 0 Å². The standard InChI is InChI=1S/C14H17N3O/c1-2-14(12-6-4-3-5-7-12)13(8-9-18-14)17-11-15-10-16-17/h3-7,10-11,13H,2,8-9H2,1H3. The molecule has 2 atom stereocenters. The summed E-state index contributed by atoms with van der Waals surface area (Å²) >= 11 is 0. The minimum atomic E-state index is -0.269. The third kappa shape index (κ3) is 1.64. The molecule has 3 rings (SSSR count). The van der Waals surface area contributed by atoms with Gasteiger partial charge in [-0.2, -0.15) is 5.10 Å². The fraction of sp³-hybridized carbons (Fsp3) is 0.429. The van der Waals surface area contributed by atoms with E-state index in [-0.39, 0.29) is 11.6 Å². The molecule has 2 heterocycles. The van der Waals surface area contributed by atoms with E-state index in [1.165, 1.54) is 5.56 Å². The zero-order valence-corrected chi connectivity index (χ0v) is 10.5. The van der Waals surface area contributed by atoms with Crippen LogP contribution in [-0.4, -0.2) is 21.4 Å². The zero-order chi connectivity index (χ0) is 12.4. The molecule has 0 N–H and O–H groups in total. The SMILES string of the molecule is CCC1(c2ccccc2)OCCC1n1cncn1. The van der Waals surface area contributed by atoms with E-state index < -0.39 is 0 Å². The van der Waals surface area contributed by atoms with Crippen molar-refractivity contribution in [1.82, 2.24) is 14.8 Å². The highest BCUT2D eigenvalue weighted by molar-refractivity contribution is 5.25. The maximum absolute atomic E-state index is 6.12. The molecule has 0 aliphatic carbocycles. The van der Waals surface area contributed by atoms with Crippen LogP contribution in [0, 0.1) is 0 Å². The normalized spacial score (nSPS) is 27.5. The predicted octanol–water partition coefficient (Wildman–Crippen LogP) is 2.55. The number of aromatic nitrogens is 3. The van der Waals surface area contributed by atoms with Gasteiger partial charge in [-0.1, -0.05) is 37.3 Å². The lowest BCUT2D eigenvalue weighted by molar-refractivity contribution is -0.0290. The van der Waals surface area contributed by atoms with Crippen molar-refractivity contribution in [1.29, 1.82) is 0 Å². The molecule has 2 aromatic rings. The maximum Gasteiger partial charge on any atom is 0.137 e. The van der Waals surface area contributed by atoms with E-state index in [0.717, 1.165) is 19.4 Å². The van der Waals surface area contributed by atoms with Crippen LogP contribution >= 0.6 is 0 Å². The molecule has 94 valence electrons.